The molecule has 1 saturated heterocycles. The van der Waals surface area contributed by atoms with Crippen molar-refractivity contribution in [2.45, 2.75) is 25.0 Å². The fraction of sp³-hybridized carbons (Fsp3) is 0.444. The fourth-order valence-corrected chi connectivity index (χ4v) is 3.74. The monoisotopic (exact) mass is 346 g/mol. The third-order valence-electron chi connectivity index (χ3n) is 4.33. The average Bonchev–Trinajstić information content (AvgIpc) is 3.26. The molecule has 5 nitrogen and oxygen atoms in total. The minimum atomic E-state index is 0.0379. The van der Waals surface area contributed by atoms with Gasteiger partial charge < -0.3 is 14.4 Å². The number of hydrogen-bond acceptors (Lipinski definition) is 5. The zero-order valence-electron chi connectivity index (χ0n) is 13.8. The van der Waals surface area contributed by atoms with E-state index in [-0.39, 0.29) is 18.1 Å². The Morgan fingerprint density at radius 1 is 1.33 bits per heavy atom. The number of ether oxygens (including phenoxy) is 2. The number of likely N-dealkylation sites (tertiary alicyclic amines) is 1. The van der Waals surface area contributed by atoms with Crippen LogP contribution < -0.4 is 0 Å². The Bertz CT molecular complexity index is 633. The number of nitrogens with zero attached hydrogens (tertiary/aromatic N) is 2. The quantitative estimate of drug-likeness (QED) is 0.723. The topological polar surface area (TPSA) is 51.7 Å². The van der Waals surface area contributed by atoms with Gasteiger partial charge in [-0.25, -0.2) is 0 Å². The fourth-order valence-electron chi connectivity index (χ4n) is 3.11. The molecular weight excluding hydrogens is 324 g/mol. The van der Waals surface area contributed by atoms with Gasteiger partial charge in [-0.2, -0.15) is 11.3 Å². The molecule has 1 fully saturated rings. The van der Waals surface area contributed by atoms with Gasteiger partial charge in [-0.05, 0) is 42.0 Å². The van der Waals surface area contributed by atoms with E-state index in [1.807, 2.05) is 33.9 Å². The summed E-state index contributed by atoms with van der Waals surface area (Å²) >= 11 is 1.55. The molecule has 6 heteroatoms. The van der Waals surface area contributed by atoms with Crippen LogP contribution in [0.5, 0.6) is 0 Å². The summed E-state index contributed by atoms with van der Waals surface area (Å²) in [5.41, 5.74) is 1.93. The van der Waals surface area contributed by atoms with Gasteiger partial charge in [0.25, 0.3) is 5.91 Å². The van der Waals surface area contributed by atoms with Crippen molar-refractivity contribution in [3.63, 3.8) is 0 Å². The first-order chi connectivity index (χ1) is 11.8. The van der Waals surface area contributed by atoms with Crippen molar-refractivity contribution in [1.29, 1.82) is 0 Å². The van der Waals surface area contributed by atoms with E-state index in [4.69, 9.17) is 9.47 Å². The van der Waals surface area contributed by atoms with Crippen LogP contribution in [0.25, 0.3) is 0 Å². The lowest BCUT2D eigenvalue weighted by Gasteiger charge is -2.28. The summed E-state index contributed by atoms with van der Waals surface area (Å²) < 4.78 is 11.1. The van der Waals surface area contributed by atoms with Gasteiger partial charge in [-0.15, -0.1) is 0 Å². The second-order valence-corrected chi connectivity index (χ2v) is 6.61. The van der Waals surface area contributed by atoms with E-state index in [2.05, 4.69) is 4.98 Å². The number of amides is 1. The summed E-state index contributed by atoms with van der Waals surface area (Å²) in [5, 5.41) is 3.85. The van der Waals surface area contributed by atoms with Crippen LogP contribution in [0.3, 0.4) is 0 Å². The third kappa shape index (κ3) is 4.01. The van der Waals surface area contributed by atoms with Gasteiger partial charge in [0.1, 0.15) is 0 Å². The predicted molar refractivity (Wildman–Crippen MR) is 93.3 cm³/mol. The highest BCUT2D eigenvalue weighted by molar-refractivity contribution is 7.08. The zero-order valence-corrected chi connectivity index (χ0v) is 14.6. The van der Waals surface area contributed by atoms with E-state index < -0.39 is 0 Å². The first-order valence-corrected chi connectivity index (χ1v) is 9.06. The second kappa shape index (κ2) is 8.37. The normalized spacial score (nSPS) is 20.5. The maximum atomic E-state index is 12.8. The number of thiophene rings is 1. The van der Waals surface area contributed by atoms with Crippen LogP contribution in [0.15, 0.2) is 41.4 Å². The maximum Gasteiger partial charge on any atom is 0.255 e. The SMILES string of the molecule is COCCO[C@@H]1CCN(C(=O)c2ccsc2)[C@H]1Cc1ccncc1. The molecule has 2 atom stereocenters. The molecule has 0 unspecified atom stereocenters. The minimum Gasteiger partial charge on any atom is -0.382 e. The van der Waals surface area contributed by atoms with E-state index >= 15 is 0 Å². The first kappa shape index (κ1) is 17.1. The molecule has 0 bridgehead atoms. The molecule has 1 aliphatic rings. The maximum absolute atomic E-state index is 12.8. The molecule has 0 N–H and O–H groups in total. The largest absolute Gasteiger partial charge is 0.382 e. The molecule has 24 heavy (non-hydrogen) atoms. The Balaban J connectivity index is 1.75. The summed E-state index contributed by atoms with van der Waals surface area (Å²) in [6, 6.07) is 5.92. The van der Waals surface area contributed by atoms with Gasteiger partial charge in [-0.3, -0.25) is 9.78 Å². The molecule has 2 aromatic heterocycles. The predicted octanol–water partition coefficient (Wildman–Crippen LogP) is 2.63. The summed E-state index contributed by atoms with van der Waals surface area (Å²) in [6.45, 7) is 1.84. The average molecular weight is 346 g/mol. The number of carbonyl (C=O) groups is 1. The van der Waals surface area contributed by atoms with Crippen molar-refractivity contribution >= 4 is 17.2 Å². The van der Waals surface area contributed by atoms with E-state index in [1.54, 1.807) is 30.8 Å². The van der Waals surface area contributed by atoms with Gasteiger partial charge in [0.2, 0.25) is 0 Å². The highest BCUT2D eigenvalue weighted by Gasteiger charge is 2.38. The van der Waals surface area contributed by atoms with Gasteiger partial charge in [-0.1, -0.05) is 0 Å². The lowest BCUT2D eigenvalue weighted by molar-refractivity contribution is 0.000500. The van der Waals surface area contributed by atoms with E-state index in [0.29, 0.717) is 13.2 Å². The third-order valence-corrected chi connectivity index (χ3v) is 5.01. The van der Waals surface area contributed by atoms with Crippen molar-refractivity contribution in [2.75, 3.05) is 26.9 Å². The van der Waals surface area contributed by atoms with Crippen molar-refractivity contribution in [2.24, 2.45) is 0 Å². The standard InChI is InChI=1S/C18H22N2O3S/c1-22-9-10-23-17-4-8-20(18(21)15-5-11-24-13-15)16(17)12-14-2-6-19-7-3-14/h2-3,5-7,11,13,16-17H,4,8-10,12H2,1H3/t16-,17+/m0/s1. The number of aromatic nitrogens is 1. The van der Waals surface area contributed by atoms with Gasteiger partial charge in [0.05, 0.1) is 30.9 Å². The van der Waals surface area contributed by atoms with Gasteiger partial charge in [0, 0.05) is 31.4 Å². The molecule has 128 valence electrons. The Morgan fingerprint density at radius 3 is 2.88 bits per heavy atom. The van der Waals surface area contributed by atoms with Gasteiger partial charge in [0.15, 0.2) is 0 Å². The van der Waals surface area contributed by atoms with Crippen LogP contribution in [0.2, 0.25) is 0 Å². The lowest BCUT2D eigenvalue weighted by atomic mass is 10.0. The molecule has 0 aliphatic carbocycles. The molecule has 1 amide bonds. The van der Waals surface area contributed by atoms with Crippen molar-refractivity contribution in [1.82, 2.24) is 9.88 Å². The van der Waals surface area contributed by atoms with Crippen molar-refractivity contribution in [3.8, 4) is 0 Å². The molecule has 0 radical (unpaired) electrons. The van der Waals surface area contributed by atoms with Crippen LogP contribution >= 0.6 is 11.3 Å². The van der Waals surface area contributed by atoms with Crippen LogP contribution in [0, 0.1) is 0 Å². The Morgan fingerprint density at radius 2 is 2.17 bits per heavy atom. The number of carbonyl (C=O) groups excluding carboxylic acids is 1. The van der Waals surface area contributed by atoms with Crippen molar-refractivity contribution < 1.29 is 14.3 Å². The zero-order chi connectivity index (χ0) is 16.8. The second-order valence-electron chi connectivity index (χ2n) is 5.83. The first-order valence-electron chi connectivity index (χ1n) is 8.12. The molecule has 3 rings (SSSR count). The Kier molecular flexibility index (Phi) is 5.96. The van der Waals surface area contributed by atoms with Crippen LogP contribution in [-0.2, 0) is 15.9 Å². The minimum absolute atomic E-state index is 0.0379. The van der Waals surface area contributed by atoms with Crippen LogP contribution in [0.4, 0.5) is 0 Å². The van der Waals surface area contributed by atoms with E-state index in [0.717, 1.165) is 24.9 Å². The number of rotatable bonds is 7. The summed E-state index contributed by atoms with van der Waals surface area (Å²) in [6.07, 6.45) is 5.24. The molecule has 2 aromatic rings. The van der Waals surface area contributed by atoms with Crippen LogP contribution in [0.1, 0.15) is 22.3 Å². The van der Waals surface area contributed by atoms with E-state index in [9.17, 15) is 4.79 Å². The molecule has 0 aromatic carbocycles. The number of methoxy groups -OCH3 is 1. The van der Waals surface area contributed by atoms with E-state index in [1.165, 1.54) is 5.56 Å². The Hall–Kier alpha value is -1.76. The lowest BCUT2D eigenvalue weighted by Crippen LogP contribution is -2.42. The smallest absolute Gasteiger partial charge is 0.255 e. The number of pyridine rings is 1. The Labute approximate surface area is 146 Å². The highest BCUT2D eigenvalue weighted by Crippen LogP contribution is 2.26. The van der Waals surface area contributed by atoms with Gasteiger partial charge >= 0.3 is 0 Å². The molecular formula is C18H22N2O3S. The molecule has 0 saturated carbocycles. The van der Waals surface area contributed by atoms with Crippen molar-refractivity contribution in [3.05, 3.63) is 52.5 Å². The summed E-state index contributed by atoms with van der Waals surface area (Å²) in [5.74, 6) is 0.0909. The summed E-state index contributed by atoms with van der Waals surface area (Å²) in [4.78, 5) is 18.8. The number of hydrogen-bond donors (Lipinski definition) is 0. The van der Waals surface area contributed by atoms with Crippen LogP contribution in [-0.4, -0.2) is 54.8 Å². The molecule has 1 aliphatic heterocycles. The highest BCUT2D eigenvalue weighted by atomic mass is 32.1. The molecule has 3 heterocycles. The molecule has 0 spiro atoms. The summed E-state index contributed by atoms with van der Waals surface area (Å²) in [7, 11) is 1.67.